The normalized spacial score (nSPS) is 15.5. The summed E-state index contributed by atoms with van der Waals surface area (Å²) in [4.78, 5) is 11.9. The molecule has 1 aliphatic heterocycles. The lowest BCUT2D eigenvalue weighted by molar-refractivity contribution is -0.123. The monoisotopic (exact) mass is 320 g/mol. The molecule has 0 spiro atoms. The van der Waals surface area contributed by atoms with Crippen LogP contribution in [0.4, 0.5) is 0 Å². The summed E-state index contributed by atoms with van der Waals surface area (Å²) in [7, 11) is 0. The van der Waals surface area contributed by atoms with Crippen molar-refractivity contribution < 1.29 is 4.79 Å². The van der Waals surface area contributed by atoms with Gasteiger partial charge in [0.15, 0.2) is 6.17 Å². The maximum absolute atomic E-state index is 11.9. The summed E-state index contributed by atoms with van der Waals surface area (Å²) in [6.07, 6.45) is 1.10. The van der Waals surface area contributed by atoms with Gasteiger partial charge in [-0.3, -0.25) is 4.79 Å². The van der Waals surface area contributed by atoms with Crippen LogP contribution in [0.5, 0.6) is 0 Å². The predicted octanol–water partition coefficient (Wildman–Crippen LogP) is 0.886. The van der Waals surface area contributed by atoms with Gasteiger partial charge in [0.1, 0.15) is 0 Å². The van der Waals surface area contributed by atoms with Crippen molar-refractivity contribution in [1.82, 2.24) is 27.3 Å². The number of rotatable bonds is 3. The van der Waals surface area contributed by atoms with E-state index in [0.29, 0.717) is 0 Å². The molecule has 0 atom stereocenters. The van der Waals surface area contributed by atoms with Gasteiger partial charge in [0, 0.05) is 5.56 Å². The Bertz CT molecular complexity index is 879. The van der Waals surface area contributed by atoms with Crippen molar-refractivity contribution in [2.24, 2.45) is 5.10 Å². The summed E-state index contributed by atoms with van der Waals surface area (Å²) in [6.45, 7) is 0. The molecule has 1 heterocycles. The molecule has 0 radical (unpaired) electrons. The molecular weight excluding hydrogens is 304 g/mol. The fourth-order valence-electron chi connectivity index (χ4n) is 2.80. The van der Waals surface area contributed by atoms with E-state index in [-0.39, 0.29) is 5.91 Å². The van der Waals surface area contributed by atoms with E-state index in [0.717, 1.165) is 27.1 Å². The van der Waals surface area contributed by atoms with Crippen molar-refractivity contribution >= 4 is 33.7 Å². The average Bonchev–Trinajstić information content (AvgIpc) is 3.16. The molecule has 24 heavy (non-hydrogen) atoms. The smallest absolute Gasteiger partial charge is 0.270 e. The number of benzene rings is 3. The number of hydrazine groups is 3. The molecule has 5 N–H and O–H groups in total. The zero-order valence-corrected chi connectivity index (χ0v) is 12.7. The van der Waals surface area contributed by atoms with Crippen LogP contribution in [0.25, 0.3) is 21.5 Å². The van der Waals surface area contributed by atoms with Crippen LogP contribution in [-0.4, -0.2) is 18.3 Å². The highest BCUT2D eigenvalue weighted by Crippen LogP contribution is 2.27. The third-order valence-electron chi connectivity index (χ3n) is 3.94. The minimum atomic E-state index is -0.591. The van der Waals surface area contributed by atoms with Gasteiger partial charge in [0.05, 0.1) is 6.21 Å². The van der Waals surface area contributed by atoms with Gasteiger partial charge < -0.3 is 0 Å². The summed E-state index contributed by atoms with van der Waals surface area (Å²) in [6, 6.07) is 18.4. The minimum Gasteiger partial charge on any atom is -0.270 e. The molecule has 0 bridgehead atoms. The first kappa shape index (κ1) is 14.7. The van der Waals surface area contributed by atoms with E-state index in [4.69, 9.17) is 0 Å². The SMILES string of the molecule is O=C(N/N=C/c1c2ccccc2cc2ccccc12)C1NNNN1. The second kappa shape index (κ2) is 6.34. The number of nitrogens with zero attached hydrogens (tertiary/aromatic N) is 1. The molecule has 0 aromatic heterocycles. The summed E-state index contributed by atoms with van der Waals surface area (Å²) in [5, 5.41) is 8.58. The molecular formula is C17H16N6O. The molecule has 3 aromatic carbocycles. The molecule has 7 heteroatoms. The van der Waals surface area contributed by atoms with Gasteiger partial charge in [-0.25, -0.2) is 16.3 Å². The first-order valence-electron chi connectivity index (χ1n) is 7.57. The van der Waals surface area contributed by atoms with Gasteiger partial charge >= 0.3 is 0 Å². The topological polar surface area (TPSA) is 89.6 Å². The lowest BCUT2D eigenvalue weighted by Crippen LogP contribution is -2.46. The second-order valence-electron chi connectivity index (χ2n) is 5.44. The zero-order chi connectivity index (χ0) is 16.4. The lowest BCUT2D eigenvalue weighted by Gasteiger charge is -2.09. The molecule has 1 saturated heterocycles. The van der Waals surface area contributed by atoms with Crippen LogP contribution in [0.15, 0.2) is 59.7 Å². The van der Waals surface area contributed by atoms with Gasteiger partial charge in [-0.1, -0.05) is 48.5 Å². The number of fused-ring (bicyclic) bond motifs is 2. The maximum Gasteiger partial charge on any atom is 0.274 e. The van der Waals surface area contributed by atoms with E-state index in [9.17, 15) is 4.79 Å². The third kappa shape index (κ3) is 2.72. The summed E-state index contributed by atoms with van der Waals surface area (Å²) in [5.74, 6) is -0.298. The quantitative estimate of drug-likeness (QED) is 0.281. The molecule has 1 fully saturated rings. The van der Waals surface area contributed by atoms with Gasteiger partial charge in [0.2, 0.25) is 0 Å². The highest BCUT2D eigenvalue weighted by molar-refractivity contribution is 6.13. The van der Waals surface area contributed by atoms with E-state index >= 15 is 0 Å². The number of carbonyl (C=O) groups is 1. The van der Waals surface area contributed by atoms with Crippen LogP contribution in [0.2, 0.25) is 0 Å². The Labute approximate surface area is 138 Å². The second-order valence-corrected chi connectivity index (χ2v) is 5.44. The van der Waals surface area contributed by atoms with Gasteiger partial charge in [-0.05, 0) is 27.6 Å². The number of nitrogens with one attached hydrogen (secondary N) is 5. The first-order chi connectivity index (χ1) is 11.8. The van der Waals surface area contributed by atoms with E-state index in [1.54, 1.807) is 6.21 Å². The van der Waals surface area contributed by atoms with Crippen LogP contribution in [0.3, 0.4) is 0 Å². The first-order valence-corrected chi connectivity index (χ1v) is 7.57. The molecule has 0 unspecified atom stereocenters. The highest BCUT2D eigenvalue weighted by Gasteiger charge is 2.20. The Morgan fingerprint density at radius 2 is 1.54 bits per heavy atom. The van der Waals surface area contributed by atoms with Crippen LogP contribution in [0.1, 0.15) is 5.56 Å². The Morgan fingerprint density at radius 3 is 2.17 bits per heavy atom. The van der Waals surface area contributed by atoms with Crippen molar-refractivity contribution in [3.63, 3.8) is 0 Å². The molecule has 1 aliphatic rings. The fourth-order valence-corrected chi connectivity index (χ4v) is 2.80. The molecule has 0 saturated carbocycles. The molecule has 1 amide bonds. The number of hydrogen-bond donors (Lipinski definition) is 5. The van der Waals surface area contributed by atoms with Crippen molar-refractivity contribution in [1.29, 1.82) is 0 Å². The number of hydrogen-bond acceptors (Lipinski definition) is 6. The number of carbonyl (C=O) groups excluding carboxylic acids is 1. The van der Waals surface area contributed by atoms with Gasteiger partial charge in [-0.2, -0.15) is 16.2 Å². The van der Waals surface area contributed by atoms with E-state index in [1.165, 1.54) is 0 Å². The molecule has 120 valence electrons. The Morgan fingerprint density at radius 1 is 0.958 bits per heavy atom. The van der Waals surface area contributed by atoms with Crippen LogP contribution in [-0.2, 0) is 4.79 Å². The van der Waals surface area contributed by atoms with E-state index in [1.807, 2.05) is 24.3 Å². The van der Waals surface area contributed by atoms with Crippen molar-refractivity contribution in [2.75, 3.05) is 0 Å². The largest absolute Gasteiger partial charge is 0.274 e. The summed E-state index contributed by atoms with van der Waals surface area (Å²) < 4.78 is 0. The highest BCUT2D eigenvalue weighted by atomic mass is 16.2. The Balaban J connectivity index is 1.70. The van der Waals surface area contributed by atoms with Crippen LogP contribution in [0, 0.1) is 0 Å². The zero-order valence-electron chi connectivity index (χ0n) is 12.7. The average molecular weight is 320 g/mol. The van der Waals surface area contributed by atoms with Crippen molar-refractivity contribution in [3.8, 4) is 0 Å². The van der Waals surface area contributed by atoms with Crippen molar-refractivity contribution in [2.45, 2.75) is 6.17 Å². The standard InChI is InChI=1S/C17H16N6O/c24-17(16-19-22-23-20-16)21-18-10-15-13-7-3-1-5-11(13)9-12-6-2-4-8-14(12)15/h1-10,16,19-20,22-23H,(H,21,24)/b18-10+. The van der Waals surface area contributed by atoms with Crippen LogP contribution < -0.4 is 27.3 Å². The Kier molecular flexibility index (Phi) is 3.89. The number of amides is 1. The summed E-state index contributed by atoms with van der Waals surface area (Å²) >= 11 is 0. The molecule has 4 rings (SSSR count). The Hall–Kier alpha value is -2.84. The van der Waals surface area contributed by atoms with E-state index in [2.05, 4.69) is 62.8 Å². The van der Waals surface area contributed by atoms with Crippen LogP contribution >= 0.6 is 0 Å². The van der Waals surface area contributed by atoms with E-state index < -0.39 is 6.17 Å². The van der Waals surface area contributed by atoms with Gasteiger partial charge in [-0.15, -0.1) is 0 Å². The summed E-state index contributed by atoms with van der Waals surface area (Å²) in [5.41, 5.74) is 14.1. The minimum absolute atomic E-state index is 0.298. The van der Waals surface area contributed by atoms with Gasteiger partial charge in [0.25, 0.3) is 5.91 Å². The fraction of sp³-hybridized carbons (Fsp3) is 0.0588. The lowest BCUT2D eigenvalue weighted by atomic mass is 9.97. The molecule has 7 nitrogen and oxygen atoms in total. The van der Waals surface area contributed by atoms with Crippen molar-refractivity contribution in [3.05, 3.63) is 60.2 Å². The molecule has 0 aliphatic carbocycles. The maximum atomic E-state index is 11.9. The third-order valence-corrected chi connectivity index (χ3v) is 3.94. The number of hydrazone groups is 1. The molecule has 3 aromatic rings. The predicted molar refractivity (Wildman–Crippen MR) is 93.5 cm³/mol.